The van der Waals surface area contributed by atoms with Gasteiger partial charge in [-0.3, -0.25) is 9.59 Å². The second kappa shape index (κ2) is 7.23. The summed E-state index contributed by atoms with van der Waals surface area (Å²) in [5.41, 5.74) is 0. The third kappa shape index (κ3) is 4.08. The first-order valence-corrected chi connectivity index (χ1v) is 9.75. The van der Waals surface area contributed by atoms with Crippen molar-refractivity contribution in [2.75, 3.05) is 25.4 Å². The Morgan fingerprint density at radius 3 is 2.70 bits per heavy atom. The third-order valence-electron chi connectivity index (χ3n) is 4.48. The maximum Gasteiger partial charge on any atom is 0.304 e. The molecule has 3 rings (SSSR count). The zero-order chi connectivity index (χ0) is 16.3. The van der Waals surface area contributed by atoms with Gasteiger partial charge in [-0.15, -0.1) is 23.1 Å². The Labute approximate surface area is 144 Å². The molecule has 1 aromatic heterocycles. The molecule has 0 radical (unpaired) electrons. The molecule has 23 heavy (non-hydrogen) atoms. The number of likely N-dealkylation sites (tertiary alicyclic amines) is 1. The Morgan fingerprint density at radius 1 is 1.35 bits per heavy atom. The molecule has 3 heterocycles. The molecule has 1 spiro atoms. The number of carbonyl (C=O) groups excluding carboxylic acids is 1. The fourth-order valence-electron chi connectivity index (χ4n) is 3.23. The summed E-state index contributed by atoms with van der Waals surface area (Å²) in [5, 5.41) is 11.0. The molecule has 0 aromatic carbocycles. The molecule has 2 aliphatic rings. The fourth-order valence-corrected chi connectivity index (χ4v) is 5.24. The van der Waals surface area contributed by atoms with Crippen LogP contribution < -0.4 is 0 Å². The molecule has 1 amide bonds. The minimum Gasteiger partial charge on any atom is -0.481 e. The predicted molar refractivity (Wildman–Crippen MR) is 90.9 cm³/mol. The summed E-state index contributed by atoms with van der Waals surface area (Å²) < 4.78 is 5.85. The number of piperidine rings is 1. The smallest absolute Gasteiger partial charge is 0.304 e. The minimum atomic E-state index is -0.857. The van der Waals surface area contributed by atoms with E-state index in [9.17, 15) is 9.59 Å². The lowest BCUT2D eigenvalue weighted by Gasteiger charge is -2.38. The molecular weight excluding hydrogens is 334 g/mol. The van der Waals surface area contributed by atoms with Gasteiger partial charge < -0.3 is 14.7 Å². The van der Waals surface area contributed by atoms with E-state index in [-0.39, 0.29) is 29.6 Å². The average Bonchev–Trinajstić information content (AvgIpc) is 3.19. The average molecular weight is 355 g/mol. The molecule has 5 nitrogen and oxygen atoms in total. The number of hydrogen-bond donors (Lipinski definition) is 1. The van der Waals surface area contributed by atoms with Crippen molar-refractivity contribution in [2.45, 2.75) is 36.5 Å². The minimum absolute atomic E-state index is 0.00297. The molecule has 0 aliphatic carbocycles. The van der Waals surface area contributed by atoms with Gasteiger partial charge in [-0.25, -0.2) is 0 Å². The lowest BCUT2D eigenvalue weighted by atomic mass is 9.97. The quantitative estimate of drug-likeness (QED) is 0.880. The number of carboxylic acids is 1. The Balaban J connectivity index is 1.58. The lowest BCUT2D eigenvalue weighted by Crippen LogP contribution is -2.45. The normalized spacial score (nSPS) is 21.5. The van der Waals surface area contributed by atoms with Crippen LogP contribution in [-0.2, 0) is 14.3 Å². The van der Waals surface area contributed by atoms with Gasteiger partial charge in [-0.1, -0.05) is 6.07 Å². The summed E-state index contributed by atoms with van der Waals surface area (Å²) in [6.07, 6.45) is 2.01. The first-order chi connectivity index (χ1) is 11.1. The molecule has 1 N–H and O–H groups in total. The van der Waals surface area contributed by atoms with Gasteiger partial charge in [0.05, 0.1) is 13.0 Å². The standard InChI is InChI=1S/C16H21NO4S2/c18-14(10-12(11-15(19)20)13-2-1-8-22-13)17-5-3-16(4-6-17)21-7-9-23-16/h1-2,8,12H,3-7,9-11H2,(H,19,20)/t12-/m0/s1. The number of thioether (sulfide) groups is 1. The van der Waals surface area contributed by atoms with Crippen molar-refractivity contribution in [3.8, 4) is 0 Å². The Kier molecular flexibility index (Phi) is 5.28. The van der Waals surface area contributed by atoms with Crippen LogP contribution in [-0.4, -0.2) is 52.3 Å². The Hall–Kier alpha value is -1.05. The van der Waals surface area contributed by atoms with Crippen molar-refractivity contribution < 1.29 is 19.4 Å². The van der Waals surface area contributed by atoms with Crippen molar-refractivity contribution in [1.29, 1.82) is 0 Å². The predicted octanol–water partition coefficient (Wildman–Crippen LogP) is 2.78. The van der Waals surface area contributed by atoms with Crippen LogP contribution in [0.15, 0.2) is 17.5 Å². The monoisotopic (exact) mass is 355 g/mol. The Morgan fingerprint density at radius 2 is 2.13 bits per heavy atom. The van der Waals surface area contributed by atoms with Gasteiger partial charge in [-0.05, 0) is 11.4 Å². The molecule has 7 heteroatoms. The number of rotatable bonds is 5. The van der Waals surface area contributed by atoms with Crippen LogP contribution in [0.3, 0.4) is 0 Å². The van der Waals surface area contributed by atoms with Gasteiger partial charge in [0.25, 0.3) is 0 Å². The fraction of sp³-hybridized carbons (Fsp3) is 0.625. The molecule has 2 saturated heterocycles. The van der Waals surface area contributed by atoms with E-state index in [1.54, 1.807) is 0 Å². The topological polar surface area (TPSA) is 66.8 Å². The van der Waals surface area contributed by atoms with E-state index in [4.69, 9.17) is 9.84 Å². The molecule has 2 fully saturated rings. The highest BCUT2D eigenvalue weighted by molar-refractivity contribution is 8.00. The number of ether oxygens (including phenoxy) is 1. The van der Waals surface area contributed by atoms with Gasteiger partial charge in [0.15, 0.2) is 0 Å². The van der Waals surface area contributed by atoms with Gasteiger partial charge in [-0.2, -0.15) is 0 Å². The van der Waals surface area contributed by atoms with E-state index in [1.165, 1.54) is 11.3 Å². The van der Waals surface area contributed by atoms with Crippen LogP contribution in [0.5, 0.6) is 0 Å². The summed E-state index contributed by atoms with van der Waals surface area (Å²) in [5.74, 6) is 0.00699. The lowest BCUT2D eigenvalue weighted by molar-refractivity contribution is -0.138. The van der Waals surface area contributed by atoms with Gasteiger partial charge >= 0.3 is 5.97 Å². The van der Waals surface area contributed by atoms with E-state index in [2.05, 4.69) is 0 Å². The second-order valence-corrected chi connectivity index (χ2v) is 8.42. The number of nitrogens with zero attached hydrogens (tertiary/aromatic N) is 1. The van der Waals surface area contributed by atoms with Gasteiger partial charge in [0.1, 0.15) is 4.93 Å². The van der Waals surface area contributed by atoms with Crippen LogP contribution in [0, 0.1) is 0 Å². The van der Waals surface area contributed by atoms with Crippen molar-refractivity contribution >= 4 is 35.0 Å². The molecule has 1 aromatic rings. The van der Waals surface area contributed by atoms with Gasteiger partial charge in [0.2, 0.25) is 5.91 Å². The number of carboxylic acid groups (broad SMARTS) is 1. The molecule has 1 atom stereocenters. The van der Waals surface area contributed by atoms with Crippen molar-refractivity contribution in [1.82, 2.24) is 4.90 Å². The van der Waals surface area contributed by atoms with E-state index in [0.717, 1.165) is 30.1 Å². The van der Waals surface area contributed by atoms with E-state index < -0.39 is 5.97 Å². The first-order valence-electron chi connectivity index (χ1n) is 7.89. The van der Waals surface area contributed by atoms with E-state index >= 15 is 0 Å². The number of aliphatic carboxylic acids is 1. The zero-order valence-corrected chi connectivity index (χ0v) is 14.5. The SMILES string of the molecule is O=C(O)C[C@H](CC(=O)N1CCC2(CC1)OCCS2)c1cccs1. The van der Waals surface area contributed by atoms with E-state index in [1.807, 2.05) is 34.2 Å². The van der Waals surface area contributed by atoms with Crippen molar-refractivity contribution in [3.05, 3.63) is 22.4 Å². The molecule has 0 saturated carbocycles. The van der Waals surface area contributed by atoms with Gasteiger partial charge in [0, 0.05) is 48.9 Å². The van der Waals surface area contributed by atoms with Crippen molar-refractivity contribution in [3.63, 3.8) is 0 Å². The second-order valence-electron chi connectivity index (χ2n) is 6.00. The first kappa shape index (κ1) is 16.8. The van der Waals surface area contributed by atoms with Crippen LogP contribution in [0.1, 0.15) is 36.5 Å². The summed E-state index contributed by atoms with van der Waals surface area (Å²) in [4.78, 5) is 26.4. The van der Waals surface area contributed by atoms with Crippen LogP contribution >= 0.6 is 23.1 Å². The molecule has 126 valence electrons. The highest BCUT2D eigenvalue weighted by Gasteiger charge is 2.40. The Bertz CT molecular complexity index is 544. The van der Waals surface area contributed by atoms with Crippen LogP contribution in [0.2, 0.25) is 0 Å². The largest absolute Gasteiger partial charge is 0.481 e. The maximum atomic E-state index is 12.6. The highest BCUT2D eigenvalue weighted by atomic mass is 32.2. The molecular formula is C16H21NO4S2. The molecule has 0 bridgehead atoms. The molecule has 0 unspecified atom stereocenters. The third-order valence-corrected chi connectivity index (χ3v) is 6.94. The zero-order valence-electron chi connectivity index (χ0n) is 12.9. The summed E-state index contributed by atoms with van der Waals surface area (Å²) in [6, 6.07) is 3.82. The summed E-state index contributed by atoms with van der Waals surface area (Å²) >= 11 is 3.38. The molecule has 2 aliphatic heterocycles. The van der Waals surface area contributed by atoms with E-state index in [0.29, 0.717) is 13.1 Å². The highest BCUT2D eigenvalue weighted by Crippen LogP contribution is 2.41. The maximum absolute atomic E-state index is 12.6. The number of thiophene rings is 1. The number of carbonyl (C=O) groups is 2. The number of hydrogen-bond acceptors (Lipinski definition) is 5. The van der Waals surface area contributed by atoms with Crippen molar-refractivity contribution in [2.24, 2.45) is 0 Å². The van der Waals surface area contributed by atoms with Crippen LogP contribution in [0.4, 0.5) is 0 Å². The number of amides is 1. The van der Waals surface area contributed by atoms with Crippen LogP contribution in [0.25, 0.3) is 0 Å². The summed E-state index contributed by atoms with van der Waals surface area (Å²) in [6.45, 7) is 2.21. The summed E-state index contributed by atoms with van der Waals surface area (Å²) in [7, 11) is 0.